The monoisotopic (exact) mass is 424 g/mol. The fraction of sp³-hybridized carbons (Fsp3) is 0.273. The van der Waals surface area contributed by atoms with Crippen molar-refractivity contribution in [3.8, 4) is 10.6 Å². The molecule has 148 valence electrons. The van der Waals surface area contributed by atoms with Crippen LogP contribution in [-0.4, -0.2) is 28.5 Å². The Balaban J connectivity index is 1.59. The van der Waals surface area contributed by atoms with Gasteiger partial charge < -0.3 is 14.8 Å². The van der Waals surface area contributed by atoms with Gasteiger partial charge in [-0.05, 0) is 31.0 Å². The lowest BCUT2D eigenvalue weighted by Gasteiger charge is -2.30. The first-order valence-electron chi connectivity index (χ1n) is 9.79. The number of hydrogen-bond acceptors (Lipinski definition) is 4. The van der Waals surface area contributed by atoms with Crippen LogP contribution in [0.4, 0.5) is 5.69 Å². The molecule has 1 N–H and O–H groups in total. The molecule has 0 radical (unpaired) electrons. The summed E-state index contributed by atoms with van der Waals surface area (Å²) in [5, 5.41) is 3.78. The van der Waals surface area contributed by atoms with Crippen molar-refractivity contribution in [2.24, 2.45) is 0 Å². The Bertz CT molecular complexity index is 1120. The Morgan fingerprint density at radius 3 is 3.03 bits per heavy atom. The molecule has 0 spiro atoms. The van der Waals surface area contributed by atoms with Crippen molar-refractivity contribution in [1.29, 1.82) is 0 Å². The second-order valence-electron chi connectivity index (χ2n) is 7.32. The molecular formula is C22H21ClN4OS. The van der Waals surface area contributed by atoms with Gasteiger partial charge in [0.05, 0.1) is 28.5 Å². The normalized spacial score (nSPS) is 16.8. The van der Waals surface area contributed by atoms with Gasteiger partial charge in [-0.2, -0.15) is 0 Å². The number of imidazole rings is 1. The molecule has 1 amide bonds. The maximum absolute atomic E-state index is 12.8. The van der Waals surface area contributed by atoms with Gasteiger partial charge in [0.2, 0.25) is 0 Å². The van der Waals surface area contributed by atoms with E-state index in [1.54, 1.807) is 0 Å². The number of hydrogen-bond donors (Lipinski definition) is 1. The number of rotatable bonds is 3. The molecule has 1 unspecified atom stereocenters. The number of aryl methyl sites for hydroxylation is 1. The van der Waals surface area contributed by atoms with Gasteiger partial charge >= 0.3 is 0 Å². The number of fused-ring (bicyclic) bond motifs is 2. The van der Waals surface area contributed by atoms with Crippen molar-refractivity contribution < 1.29 is 4.79 Å². The molecule has 0 saturated carbocycles. The van der Waals surface area contributed by atoms with Gasteiger partial charge in [-0.25, -0.2) is 4.98 Å². The van der Waals surface area contributed by atoms with Crippen LogP contribution in [0.5, 0.6) is 0 Å². The molecule has 5 rings (SSSR count). The van der Waals surface area contributed by atoms with Crippen molar-refractivity contribution in [2.75, 3.05) is 18.0 Å². The Morgan fingerprint density at radius 2 is 2.17 bits per heavy atom. The van der Waals surface area contributed by atoms with E-state index >= 15 is 0 Å². The number of benzene rings is 1. The zero-order chi connectivity index (χ0) is 20.0. The van der Waals surface area contributed by atoms with E-state index in [0.717, 1.165) is 56.9 Å². The number of nitrogens with one attached hydrogen (secondary N) is 1. The fourth-order valence-electron chi connectivity index (χ4n) is 4.08. The standard InChI is InChI=1S/C22H21ClN4OS/c1-14(15-6-2-3-7-16(15)23)26-11-9-24-22(28)21-17(26)12-19(29-21)18-13-25-20-8-4-5-10-27(18)20/h2-3,5-7,10,12-14H,4,8-9,11H2,1H3,(H,24,28). The van der Waals surface area contributed by atoms with E-state index in [1.807, 2.05) is 24.4 Å². The number of amides is 1. The number of thiophene rings is 1. The third-order valence-corrected chi connectivity index (χ3v) is 7.09. The molecule has 1 aromatic carbocycles. The quantitative estimate of drug-likeness (QED) is 0.644. The maximum atomic E-state index is 12.8. The van der Waals surface area contributed by atoms with Gasteiger partial charge in [0.15, 0.2) is 0 Å². The van der Waals surface area contributed by atoms with Gasteiger partial charge in [0, 0.05) is 30.7 Å². The first-order chi connectivity index (χ1) is 14.1. The molecule has 1 atom stereocenters. The summed E-state index contributed by atoms with van der Waals surface area (Å²) in [5.74, 6) is 1.05. The lowest BCUT2D eigenvalue weighted by molar-refractivity contribution is 0.0962. The number of allylic oxidation sites excluding steroid dienone is 1. The van der Waals surface area contributed by atoms with Crippen LogP contribution in [0.15, 0.2) is 42.6 Å². The molecule has 4 heterocycles. The summed E-state index contributed by atoms with van der Waals surface area (Å²) in [6, 6.07) is 10.1. The van der Waals surface area contributed by atoms with Gasteiger partial charge in [0.1, 0.15) is 10.7 Å². The van der Waals surface area contributed by atoms with Gasteiger partial charge in [0.25, 0.3) is 5.91 Å². The topological polar surface area (TPSA) is 50.2 Å². The molecule has 0 aliphatic carbocycles. The number of nitrogens with zero attached hydrogens (tertiary/aromatic N) is 3. The summed E-state index contributed by atoms with van der Waals surface area (Å²) in [6.45, 7) is 3.47. The molecule has 7 heteroatoms. The Hall–Kier alpha value is -2.57. The second-order valence-corrected chi connectivity index (χ2v) is 8.78. The maximum Gasteiger partial charge on any atom is 0.263 e. The third-order valence-electron chi connectivity index (χ3n) is 5.60. The summed E-state index contributed by atoms with van der Waals surface area (Å²) in [5.41, 5.74) is 3.06. The smallest absolute Gasteiger partial charge is 0.263 e. The number of carbonyl (C=O) groups is 1. The summed E-state index contributed by atoms with van der Waals surface area (Å²) >= 11 is 8.00. The van der Waals surface area contributed by atoms with Crippen LogP contribution in [0, 0.1) is 0 Å². The van der Waals surface area contributed by atoms with Gasteiger partial charge in [-0.1, -0.05) is 35.9 Å². The van der Waals surface area contributed by atoms with Crippen LogP contribution >= 0.6 is 22.9 Å². The Morgan fingerprint density at radius 1 is 1.31 bits per heavy atom. The van der Waals surface area contributed by atoms with Crippen molar-refractivity contribution >= 4 is 40.7 Å². The Labute approximate surface area is 178 Å². The highest BCUT2D eigenvalue weighted by atomic mass is 35.5. The summed E-state index contributed by atoms with van der Waals surface area (Å²) in [4.78, 5) is 21.4. The highest BCUT2D eigenvalue weighted by Crippen LogP contribution is 2.42. The van der Waals surface area contributed by atoms with Crippen molar-refractivity contribution in [1.82, 2.24) is 14.9 Å². The summed E-state index contributed by atoms with van der Waals surface area (Å²) in [6.07, 6.45) is 8.11. The van der Waals surface area contributed by atoms with Crippen LogP contribution in [0.1, 0.15) is 40.4 Å². The zero-order valence-electron chi connectivity index (χ0n) is 16.1. The first kappa shape index (κ1) is 18.5. The molecule has 0 bridgehead atoms. The number of carbonyl (C=O) groups excluding carboxylic acids is 1. The molecule has 3 aromatic rings. The second kappa shape index (κ2) is 7.35. The predicted octanol–water partition coefficient (Wildman–Crippen LogP) is 4.99. The van der Waals surface area contributed by atoms with E-state index in [1.165, 1.54) is 11.3 Å². The van der Waals surface area contributed by atoms with Crippen LogP contribution < -0.4 is 10.2 Å². The van der Waals surface area contributed by atoms with Gasteiger partial charge in [-0.15, -0.1) is 11.3 Å². The van der Waals surface area contributed by atoms with Crippen LogP contribution in [0.25, 0.3) is 16.8 Å². The average molecular weight is 425 g/mol. The van der Waals surface area contributed by atoms with E-state index in [-0.39, 0.29) is 11.9 Å². The number of anilines is 1. The summed E-state index contributed by atoms with van der Waals surface area (Å²) < 4.78 is 2.13. The molecule has 0 saturated heterocycles. The lowest BCUT2D eigenvalue weighted by Crippen LogP contribution is -2.32. The van der Waals surface area contributed by atoms with Crippen LogP contribution in [0.2, 0.25) is 5.02 Å². The van der Waals surface area contributed by atoms with E-state index in [9.17, 15) is 4.79 Å². The highest BCUT2D eigenvalue weighted by Gasteiger charge is 2.29. The minimum atomic E-state index is -0.0148. The minimum absolute atomic E-state index is 0.0148. The van der Waals surface area contributed by atoms with Gasteiger partial charge in [-0.3, -0.25) is 4.79 Å². The number of halogens is 1. The molecular weight excluding hydrogens is 404 g/mol. The first-order valence-corrected chi connectivity index (χ1v) is 11.0. The van der Waals surface area contributed by atoms with E-state index in [0.29, 0.717) is 6.54 Å². The lowest BCUT2D eigenvalue weighted by atomic mass is 10.1. The molecule has 2 aliphatic heterocycles. The highest BCUT2D eigenvalue weighted by molar-refractivity contribution is 7.18. The molecule has 0 fully saturated rings. The molecule has 2 aromatic heterocycles. The Kier molecular flexibility index (Phi) is 4.68. The molecule has 29 heavy (non-hydrogen) atoms. The zero-order valence-corrected chi connectivity index (χ0v) is 17.6. The van der Waals surface area contributed by atoms with Crippen LogP contribution in [-0.2, 0) is 6.42 Å². The van der Waals surface area contributed by atoms with E-state index in [2.05, 4.69) is 51.1 Å². The minimum Gasteiger partial charge on any atom is -0.362 e. The van der Waals surface area contributed by atoms with Crippen molar-refractivity contribution in [2.45, 2.75) is 25.8 Å². The summed E-state index contributed by atoms with van der Waals surface area (Å²) in [7, 11) is 0. The van der Waals surface area contributed by atoms with Crippen molar-refractivity contribution in [3.63, 3.8) is 0 Å². The molecule has 5 nitrogen and oxygen atoms in total. The average Bonchev–Trinajstić information content (AvgIpc) is 3.32. The van der Waals surface area contributed by atoms with E-state index in [4.69, 9.17) is 11.6 Å². The predicted molar refractivity (Wildman–Crippen MR) is 119 cm³/mol. The number of aromatic nitrogens is 2. The SMILES string of the molecule is CC(c1ccccc1Cl)N1CCNC(=O)c2sc(-c3cnc4n3C=CCC4)cc21. The molecule has 2 aliphatic rings. The fourth-order valence-corrected chi connectivity index (χ4v) is 5.47. The largest absolute Gasteiger partial charge is 0.362 e. The van der Waals surface area contributed by atoms with E-state index < -0.39 is 0 Å². The van der Waals surface area contributed by atoms with Crippen LogP contribution in [0.3, 0.4) is 0 Å². The van der Waals surface area contributed by atoms with Crippen molar-refractivity contribution in [3.05, 3.63) is 63.9 Å². The third kappa shape index (κ3) is 3.16.